The van der Waals surface area contributed by atoms with Gasteiger partial charge in [0.15, 0.2) is 0 Å². The van der Waals surface area contributed by atoms with E-state index in [0.717, 1.165) is 22.3 Å². The Bertz CT molecular complexity index is 2460. The third kappa shape index (κ3) is 6.78. The molecule has 0 unspecified atom stereocenters. The number of nitrogens with one attached hydrogen (secondary N) is 2. The minimum absolute atomic E-state index is 0.306. The van der Waals surface area contributed by atoms with Crippen LogP contribution < -0.4 is 22.1 Å². The van der Waals surface area contributed by atoms with Crippen molar-refractivity contribution < 1.29 is 19.2 Å². The number of nitrogens with zero attached hydrogens (tertiary/aromatic N) is 8. The van der Waals surface area contributed by atoms with Crippen LogP contribution >= 0.6 is 0 Å². The Balaban J connectivity index is 1.29. The zero-order chi connectivity index (χ0) is 37.4. The first-order chi connectivity index (χ1) is 25.5. The van der Waals surface area contributed by atoms with Gasteiger partial charge in [0, 0.05) is 42.9 Å². The second-order valence-corrected chi connectivity index (χ2v) is 13.0. The number of hydrogen-bond acceptors (Lipinski definition) is 8. The molecule has 1 aliphatic heterocycles. The molecule has 0 atom stereocenters. The molecule has 0 fully saturated rings. The van der Waals surface area contributed by atoms with Crippen LogP contribution in [0.3, 0.4) is 0 Å². The van der Waals surface area contributed by atoms with Gasteiger partial charge in [0.1, 0.15) is 11.4 Å². The zero-order valence-electron chi connectivity index (χ0n) is 29.7. The highest BCUT2D eigenvalue weighted by atomic mass is 16.2. The van der Waals surface area contributed by atoms with Gasteiger partial charge >= 0.3 is 0 Å². The van der Waals surface area contributed by atoms with E-state index in [1.54, 1.807) is 51.8 Å². The number of fused-ring (bicyclic) bond motifs is 8. The van der Waals surface area contributed by atoms with Crippen LogP contribution in [0.2, 0.25) is 0 Å². The van der Waals surface area contributed by atoms with Crippen molar-refractivity contribution in [3.05, 3.63) is 94.1 Å². The van der Waals surface area contributed by atoms with E-state index in [0.29, 0.717) is 103 Å². The summed E-state index contributed by atoms with van der Waals surface area (Å²) < 4.78 is 7.18. The van der Waals surface area contributed by atoms with Gasteiger partial charge in [-0.25, -0.2) is 9.97 Å². The Morgan fingerprint density at radius 2 is 1.36 bits per heavy atom. The molecule has 5 heterocycles. The normalized spacial score (nSPS) is 14.5. The summed E-state index contributed by atoms with van der Waals surface area (Å²) in [6.07, 6.45) is 6.29. The van der Waals surface area contributed by atoms with E-state index in [2.05, 4.69) is 20.8 Å². The van der Waals surface area contributed by atoms with Crippen LogP contribution in [-0.2, 0) is 32.6 Å². The highest BCUT2D eigenvalue weighted by molar-refractivity contribution is 6.05. The fourth-order valence-electron chi connectivity index (χ4n) is 6.84. The maximum Gasteiger partial charge on any atom is 0.276 e. The number of hydrogen-bond donors (Lipinski definition) is 4. The number of benzene rings is 2. The molecule has 6 aromatic rings. The highest BCUT2D eigenvalue weighted by Crippen LogP contribution is 2.26. The molecular weight excluding hydrogens is 676 g/mol. The molecule has 0 aliphatic carbocycles. The number of nitrogens with two attached hydrogens (primary N) is 2. The first kappa shape index (κ1) is 34.9. The van der Waals surface area contributed by atoms with Crippen LogP contribution in [0.4, 0.5) is 11.9 Å². The zero-order valence-corrected chi connectivity index (χ0v) is 29.7. The van der Waals surface area contributed by atoms with E-state index in [4.69, 9.17) is 21.4 Å². The Hall–Kier alpha value is -6.58. The molecule has 16 heteroatoms. The van der Waals surface area contributed by atoms with E-state index in [-0.39, 0.29) is 11.8 Å². The van der Waals surface area contributed by atoms with Crippen LogP contribution in [0.5, 0.6) is 0 Å². The molecule has 7 rings (SSSR count). The number of carbonyl (C=O) groups is 4. The number of aromatic nitrogens is 8. The molecule has 0 radical (unpaired) electrons. The SMILES string of the molecule is CCn1nc(C)c2c1C(=O)Nc1nc3cc(C(N)=O)ccc3n1CCCCn1c(nc3cc(C(N)=O)ccc31)NC(=O)c1cc(C)nn1CCC=CC2. The van der Waals surface area contributed by atoms with Gasteiger partial charge in [-0.3, -0.25) is 39.2 Å². The molecule has 0 bridgehead atoms. The molecule has 1 aliphatic rings. The van der Waals surface area contributed by atoms with E-state index in [1.165, 1.54) is 0 Å². The van der Waals surface area contributed by atoms with Crippen molar-refractivity contribution in [3.8, 4) is 0 Å². The molecule has 2 aromatic carbocycles. The summed E-state index contributed by atoms with van der Waals surface area (Å²) in [5.41, 5.74) is 17.3. The lowest BCUT2D eigenvalue weighted by molar-refractivity contribution is 0.0992. The average molecular weight is 717 g/mol. The number of aryl methyl sites for hydroxylation is 6. The molecule has 4 aromatic heterocycles. The van der Waals surface area contributed by atoms with Crippen molar-refractivity contribution in [2.75, 3.05) is 10.6 Å². The number of anilines is 2. The van der Waals surface area contributed by atoms with E-state index in [1.807, 2.05) is 42.1 Å². The maximum absolute atomic E-state index is 14.1. The van der Waals surface area contributed by atoms with Crippen LogP contribution in [0.1, 0.15) is 84.8 Å². The van der Waals surface area contributed by atoms with Gasteiger partial charge in [0.05, 0.1) is 33.5 Å². The van der Waals surface area contributed by atoms with Crippen molar-refractivity contribution in [3.63, 3.8) is 0 Å². The molecule has 0 saturated heterocycles. The quantitative estimate of drug-likeness (QED) is 0.195. The van der Waals surface area contributed by atoms with Gasteiger partial charge in [-0.05, 0) is 88.9 Å². The van der Waals surface area contributed by atoms with Gasteiger partial charge in [0.25, 0.3) is 11.8 Å². The first-order valence-corrected chi connectivity index (χ1v) is 17.5. The molecule has 6 N–H and O–H groups in total. The second-order valence-electron chi connectivity index (χ2n) is 13.0. The number of allylic oxidation sites excluding steroid dienone is 2. The van der Waals surface area contributed by atoms with E-state index >= 15 is 0 Å². The summed E-state index contributed by atoms with van der Waals surface area (Å²) in [7, 11) is 0. The summed E-state index contributed by atoms with van der Waals surface area (Å²) in [6, 6.07) is 11.8. The van der Waals surface area contributed by atoms with Gasteiger partial charge in [-0.15, -0.1) is 0 Å². The van der Waals surface area contributed by atoms with Gasteiger partial charge in [0.2, 0.25) is 23.7 Å². The molecule has 53 heavy (non-hydrogen) atoms. The van der Waals surface area contributed by atoms with Gasteiger partial charge in [-0.2, -0.15) is 10.2 Å². The number of carbonyl (C=O) groups excluding carboxylic acids is 4. The Morgan fingerprint density at radius 3 is 1.92 bits per heavy atom. The lowest BCUT2D eigenvalue weighted by atomic mass is 10.1. The van der Waals surface area contributed by atoms with Crippen LogP contribution in [0, 0.1) is 13.8 Å². The minimum atomic E-state index is -0.580. The largest absolute Gasteiger partial charge is 0.366 e. The Labute approximate surface area is 303 Å². The first-order valence-electron chi connectivity index (χ1n) is 17.5. The molecule has 0 saturated carbocycles. The van der Waals surface area contributed by atoms with E-state index < -0.39 is 11.8 Å². The predicted octanol–water partition coefficient (Wildman–Crippen LogP) is 4.10. The minimum Gasteiger partial charge on any atom is -0.366 e. The predicted molar refractivity (Wildman–Crippen MR) is 199 cm³/mol. The number of primary amides is 2. The maximum atomic E-state index is 14.1. The van der Waals surface area contributed by atoms with Gasteiger partial charge < -0.3 is 20.6 Å². The van der Waals surface area contributed by atoms with Crippen molar-refractivity contribution in [1.29, 1.82) is 0 Å². The smallest absolute Gasteiger partial charge is 0.276 e. The van der Waals surface area contributed by atoms with Crippen molar-refractivity contribution in [2.45, 2.75) is 72.6 Å². The molecule has 0 spiro atoms. The molecular formula is C37H40N12O4. The van der Waals surface area contributed by atoms with Crippen LogP contribution in [0.15, 0.2) is 54.6 Å². The van der Waals surface area contributed by atoms with Crippen LogP contribution in [-0.4, -0.2) is 62.3 Å². The fraction of sp³-hybridized carbons (Fsp3) is 0.297. The third-order valence-corrected chi connectivity index (χ3v) is 9.43. The number of imidazole rings is 2. The summed E-state index contributed by atoms with van der Waals surface area (Å²) in [5.74, 6) is -1.23. The second kappa shape index (κ2) is 14.2. The summed E-state index contributed by atoms with van der Waals surface area (Å²) in [5, 5.41) is 15.2. The fourth-order valence-corrected chi connectivity index (χ4v) is 6.84. The highest BCUT2D eigenvalue weighted by Gasteiger charge is 2.24. The Morgan fingerprint density at radius 1 is 0.774 bits per heavy atom. The molecule has 16 nitrogen and oxygen atoms in total. The summed E-state index contributed by atoms with van der Waals surface area (Å²) >= 11 is 0. The van der Waals surface area contributed by atoms with Gasteiger partial charge in [-0.1, -0.05) is 12.2 Å². The topological polar surface area (TPSA) is 216 Å². The number of amides is 4. The average Bonchev–Trinajstić information content (AvgIpc) is 3.86. The third-order valence-electron chi connectivity index (χ3n) is 9.43. The van der Waals surface area contributed by atoms with Crippen molar-refractivity contribution >= 4 is 57.6 Å². The summed E-state index contributed by atoms with van der Waals surface area (Å²) in [4.78, 5) is 61.3. The monoisotopic (exact) mass is 716 g/mol. The lowest BCUT2D eigenvalue weighted by Crippen LogP contribution is -2.21. The Kier molecular flexibility index (Phi) is 9.34. The molecule has 4 amide bonds. The molecule has 272 valence electrons. The van der Waals surface area contributed by atoms with Crippen LogP contribution in [0.25, 0.3) is 22.1 Å². The van der Waals surface area contributed by atoms with E-state index in [9.17, 15) is 19.2 Å². The number of rotatable bonds is 3. The van der Waals surface area contributed by atoms with Crippen molar-refractivity contribution in [1.82, 2.24) is 38.7 Å². The standard InChI is InChI=1S/C37H40N12O4/c1-4-48-31-25(22(3)45-48)10-6-5-7-17-49-30(18-21(2)44-49)34(52)42-36-40-26-19-23(32(38)50)11-13-28(26)46(36)15-8-9-16-47-29-14-12-24(33(39)51)20-27(29)41-37(47)43-35(31)53/h5-6,11-14,18-20H,4,7-10,15-17H2,1-3H3,(H2,38,50)(H2,39,51)(H,40,42,52)(H,41,43,53). The summed E-state index contributed by atoms with van der Waals surface area (Å²) in [6.45, 7) is 7.51. The lowest BCUT2D eigenvalue weighted by Gasteiger charge is -2.13. The van der Waals surface area contributed by atoms with Crippen molar-refractivity contribution in [2.24, 2.45) is 11.5 Å².